The number of carbonyl (C=O) groups excluding carboxylic acids is 2. The Morgan fingerprint density at radius 3 is 2.57 bits per heavy atom. The third-order valence-corrected chi connectivity index (χ3v) is 4.98. The highest BCUT2D eigenvalue weighted by atomic mass is 35.5. The van der Waals surface area contributed by atoms with Crippen LogP contribution in [0.25, 0.3) is 16.7 Å². The number of halogens is 1. The number of anilines is 1. The SMILES string of the molecule is Cc1ccc(NC(=O)CNC(=O)c2ccc(-n3cnc4ccccc43)cc2)c(Cl)c1. The van der Waals surface area contributed by atoms with Gasteiger partial charge in [0, 0.05) is 11.3 Å². The van der Waals surface area contributed by atoms with Gasteiger partial charge in [-0.05, 0) is 61.0 Å². The molecule has 2 N–H and O–H groups in total. The number of hydrogen-bond donors (Lipinski definition) is 2. The van der Waals surface area contributed by atoms with Crippen LogP contribution in [-0.2, 0) is 4.79 Å². The average Bonchev–Trinajstić information content (AvgIpc) is 3.18. The molecule has 0 aliphatic rings. The molecule has 0 unspecified atom stereocenters. The van der Waals surface area contributed by atoms with Gasteiger partial charge in [0.15, 0.2) is 0 Å². The molecule has 0 aliphatic carbocycles. The quantitative estimate of drug-likeness (QED) is 0.505. The van der Waals surface area contributed by atoms with Gasteiger partial charge in [-0.15, -0.1) is 0 Å². The van der Waals surface area contributed by atoms with Crippen molar-refractivity contribution >= 4 is 40.1 Å². The van der Waals surface area contributed by atoms with Gasteiger partial charge in [-0.2, -0.15) is 0 Å². The number of nitrogens with zero attached hydrogens (tertiary/aromatic N) is 2. The minimum Gasteiger partial charge on any atom is -0.343 e. The predicted molar refractivity (Wildman–Crippen MR) is 118 cm³/mol. The standard InChI is InChI=1S/C23H19ClN4O2/c1-15-6-11-19(18(24)12-15)27-22(29)13-25-23(30)16-7-9-17(10-8-16)28-14-26-20-4-2-3-5-21(20)28/h2-12,14H,13H2,1H3,(H,25,30)(H,27,29). The molecule has 0 fully saturated rings. The van der Waals surface area contributed by atoms with Crippen LogP contribution in [0.15, 0.2) is 73.1 Å². The van der Waals surface area contributed by atoms with Crippen molar-refractivity contribution in [2.45, 2.75) is 6.92 Å². The van der Waals surface area contributed by atoms with Crippen LogP contribution >= 0.6 is 11.6 Å². The molecule has 2 amide bonds. The zero-order valence-corrected chi connectivity index (χ0v) is 17.0. The number of carbonyl (C=O) groups is 2. The molecule has 0 saturated heterocycles. The fraction of sp³-hybridized carbons (Fsp3) is 0.0870. The lowest BCUT2D eigenvalue weighted by atomic mass is 10.2. The van der Waals surface area contributed by atoms with Gasteiger partial charge < -0.3 is 10.6 Å². The molecule has 0 bridgehead atoms. The van der Waals surface area contributed by atoms with Gasteiger partial charge in [0.05, 0.1) is 28.3 Å². The average molecular weight is 419 g/mol. The summed E-state index contributed by atoms with van der Waals surface area (Å²) in [6, 6.07) is 20.3. The van der Waals surface area contributed by atoms with E-state index in [0.717, 1.165) is 22.3 Å². The summed E-state index contributed by atoms with van der Waals surface area (Å²) in [6.45, 7) is 1.76. The van der Waals surface area contributed by atoms with E-state index in [-0.39, 0.29) is 18.4 Å². The van der Waals surface area contributed by atoms with Gasteiger partial charge in [-0.3, -0.25) is 14.2 Å². The molecule has 150 valence electrons. The number of nitrogens with one attached hydrogen (secondary N) is 2. The van der Waals surface area contributed by atoms with Gasteiger partial charge in [0.25, 0.3) is 5.91 Å². The van der Waals surface area contributed by atoms with E-state index in [9.17, 15) is 9.59 Å². The van der Waals surface area contributed by atoms with Crippen LogP contribution in [0.4, 0.5) is 5.69 Å². The summed E-state index contributed by atoms with van der Waals surface area (Å²) < 4.78 is 1.95. The maximum absolute atomic E-state index is 12.4. The number of benzene rings is 3. The van der Waals surface area contributed by atoms with Gasteiger partial charge in [-0.1, -0.05) is 29.8 Å². The highest BCUT2D eigenvalue weighted by Gasteiger charge is 2.11. The van der Waals surface area contributed by atoms with Crippen molar-refractivity contribution in [3.05, 3.63) is 89.2 Å². The third-order valence-electron chi connectivity index (χ3n) is 4.67. The lowest BCUT2D eigenvalue weighted by Crippen LogP contribution is -2.32. The topological polar surface area (TPSA) is 76.0 Å². The van der Waals surface area contributed by atoms with Crippen LogP contribution in [0.2, 0.25) is 5.02 Å². The molecule has 4 rings (SSSR count). The summed E-state index contributed by atoms with van der Waals surface area (Å²) in [5, 5.41) is 5.77. The number of para-hydroxylation sites is 2. The van der Waals surface area contributed by atoms with Crippen LogP contribution in [0, 0.1) is 6.92 Å². The maximum Gasteiger partial charge on any atom is 0.251 e. The first-order valence-electron chi connectivity index (χ1n) is 9.38. The van der Waals surface area contributed by atoms with Crippen LogP contribution in [0.3, 0.4) is 0 Å². The van der Waals surface area contributed by atoms with E-state index in [4.69, 9.17) is 11.6 Å². The zero-order chi connectivity index (χ0) is 21.1. The molecule has 0 atom stereocenters. The third kappa shape index (κ3) is 4.18. The van der Waals surface area contributed by atoms with Crippen molar-refractivity contribution in [1.82, 2.24) is 14.9 Å². The Hall–Kier alpha value is -3.64. The molecule has 3 aromatic carbocycles. The number of amides is 2. The van der Waals surface area contributed by atoms with Crippen molar-refractivity contribution in [1.29, 1.82) is 0 Å². The van der Waals surface area contributed by atoms with Crippen LogP contribution in [0.1, 0.15) is 15.9 Å². The first kappa shape index (κ1) is 19.7. The Labute approximate surface area is 178 Å². The summed E-state index contributed by atoms with van der Waals surface area (Å²) in [6.07, 6.45) is 1.75. The van der Waals surface area contributed by atoms with Crippen molar-refractivity contribution in [3.8, 4) is 5.69 Å². The highest BCUT2D eigenvalue weighted by Crippen LogP contribution is 2.22. The fourth-order valence-electron chi connectivity index (χ4n) is 3.12. The van der Waals surface area contributed by atoms with Crippen LogP contribution in [-0.4, -0.2) is 27.9 Å². The Bertz CT molecular complexity index is 1230. The predicted octanol–water partition coefficient (Wildman–Crippen LogP) is 4.36. The molecule has 0 radical (unpaired) electrons. The van der Waals surface area contributed by atoms with E-state index in [1.54, 1.807) is 30.6 Å². The van der Waals surface area contributed by atoms with Gasteiger partial charge in [0.1, 0.15) is 6.33 Å². The van der Waals surface area contributed by atoms with E-state index < -0.39 is 0 Å². The highest BCUT2D eigenvalue weighted by molar-refractivity contribution is 6.33. The molecular weight excluding hydrogens is 400 g/mol. The molecule has 1 aromatic heterocycles. The van der Waals surface area contributed by atoms with Gasteiger partial charge in [0.2, 0.25) is 5.91 Å². The van der Waals surface area contributed by atoms with Crippen LogP contribution in [0.5, 0.6) is 0 Å². The second-order valence-corrected chi connectivity index (χ2v) is 7.27. The number of aryl methyl sites for hydroxylation is 1. The zero-order valence-electron chi connectivity index (χ0n) is 16.2. The minimum atomic E-state index is -0.351. The number of rotatable bonds is 5. The van der Waals surface area contributed by atoms with Gasteiger partial charge >= 0.3 is 0 Å². The Morgan fingerprint density at radius 2 is 1.80 bits per heavy atom. The van der Waals surface area contributed by atoms with Crippen molar-refractivity contribution in [2.24, 2.45) is 0 Å². The molecule has 6 nitrogen and oxygen atoms in total. The van der Waals surface area contributed by atoms with Crippen LogP contribution < -0.4 is 10.6 Å². The summed E-state index contributed by atoms with van der Waals surface area (Å²) in [5.41, 5.74) is 4.76. The number of fused-ring (bicyclic) bond motifs is 1. The normalized spacial score (nSPS) is 10.7. The number of aromatic nitrogens is 2. The van der Waals surface area contributed by atoms with E-state index in [2.05, 4.69) is 15.6 Å². The molecule has 1 heterocycles. The first-order chi connectivity index (χ1) is 14.5. The summed E-state index contributed by atoms with van der Waals surface area (Å²) in [7, 11) is 0. The molecule has 4 aromatic rings. The minimum absolute atomic E-state index is 0.156. The van der Waals surface area contributed by atoms with Crippen molar-refractivity contribution < 1.29 is 9.59 Å². The summed E-state index contributed by atoms with van der Waals surface area (Å²) in [4.78, 5) is 28.9. The molecule has 0 aliphatic heterocycles. The van der Waals surface area contributed by atoms with Crippen molar-refractivity contribution in [3.63, 3.8) is 0 Å². The lowest BCUT2D eigenvalue weighted by Gasteiger charge is -2.10. The Kier molecular flexibility index (Phi) is 5.50. The molecule has 30 heavy (non-hydrogen) atoms. The molecule has 0 spiro atoms. The summed E-state index contributed by atoms with van der Waals surface area (Å²) in [5.74, 6) is -0.683. The monoisotopic (exact) mass is 418 g/mol. The van der Waals surface area contributed by atoms with Crippen molar-refractivity contribution in [2.75, 3.05) is 11.9 Å². The largest absolute Gasteiger partial charge is 0.343 e. The molecule has 0 saturated carbocycles. The van der Waals surface area contributed by atoms with E-state index in [1.165, 1.54) is 0 Å². The number of hydrogen-bond acceptors (Lipinski definition) is 3. The Balaban J connectivity index is 1.38. The fourth-order valence-corrected chi connectivity index (χ4v) is 3.40. The molecule has 7 heteroatoms. The van der Waals surface area contributed by atoms with Gasteiger partial charge in [-0.25, -0.2) is 4.98 Å². The lowest BCUT2D eigenvalue weighted by molar-refractivity contribution is -0.115. The van der Waals surface area contributed by atoms with E-state index in [0.29, 0.717) is 16.3 Å². The smallest absolute Gasteiger partial charge is 0.251 e. The van der Waals surface area contributed by atoms with E-state index in [1.807, 2.05) is 54.0 Å². The molecular formula is C23H19ClN4O2. The first-order valence-corrected chi connectivity index (χ1v) is 9.76. The second kappa shape index (κ2) is 8.39. The maximum atomic E-state index is 12.4. The summed E-state index contributed by atoms with van der Waals surface area (Å²) >= 11 is 6.12. The Morgan fingerprint density at radius 1 is 1.03 bits per heavy atom. The second-order valence-electron chi connectivity index (χ2n) is 6.86. The van der Waals surface area contributed by atoms with E-state index >= 15 is 0 Å². The number of imidazole rings is 1.